The predicted octanol–water partition coefficient (Wildman–Crippen LogP) is -6.52. The maximum atomic E-state index is 10.8. The minimum Gasteiger partial charge on any atom is -0.388 e. The molecule has 0 bridgehead atoms. The lowest BCUT2D eigenvalue weighted by atomic mass is 10.0. The summed E-state index contributed by atoms with van der Waals surface area (Å²) < 4.78 is 28.1. The lowest BCUT2D eigenvalue weighted by Crippen LogP contribution is -2.49. The summed E-state index contributed by atoms with van der Waals surface area (Å²) in [7, 11) is -9.60. The molecule has 0 aromatic rings. The molecule has 0 aliphatic rings. The van der Waals surface area contributed by atoms with Crippen molar-refractivity contribution in [2.45, 2.75) is 42.7 Å². The molecular formula is C12H26O18P2. The highest BCUT2D eigenvalue weighted by Gasteiger charge is 2.35. The second kappa shape index (κ2) is 15.2. The Kier molecular flexibility index (Phi) is 15.9. The molecule has 20 heteroatoms. The van der Waals surface area contributed by atoms with Crippen molar-refractivity contribution in [3.63, 3.8) is 0 Å². The van der Waals surface area contributed by atoms with Crippen LogP contribution in [0.4, 0.5) is 0 Å². The Bertz CT molecular complexity index is 646. The van der Waals surface area contributed by atoms with Crippen LogP contribution in [0.2, 0.25) is 0 Å². The van der Waals surface area contributed by atoms with Crippen molar-refractivity contribution < 1.29 is 88.2 Å². The Morgan fingerprint density at radius 1 is 0.750 bits per heavy atom. The summed E-state index contributed by atoms with van der Waals surface area (Å²) in [6, 6.07) is 0. The van der Waals surface area contributed by atoms with Crippen molar-refractivity contribution in [3.05, 3.63) is 0 Å². The molecule has 0 rings (SSSR count). The van der Waals surface area contributed by atoms with Gasteiger partial charge in [-0.25, -0.2) is 9.13 Å². The molecule has 0 aromatic heterocycles. The number of hydrogen-bond donors (Lipinski definition) is 12. The van der Waals surface area contributed by atoms with E-state index in [0.717, 1.165) is 0 Å². The number of aliphatic hydroxyl groups is 8. The van der Waals surface area contributed by atoms with Crippen LogP contribution in [0.1, 0.15) is 0 Å². The number of phosphoric ester groups is 2. The van der Waals surface area contributed by atoms with Gasteiger partial charge >= 0.3 is 15.6 Å². The number of ketones is 1. The lowest BCUT2D eigenvalue weighted by Gasteiger charge is -2.25. The molecule has 0 radical (unpaired) electrons. The molecule has 0 spiro atoms. The van der Waals surface area contributed by atoms with Gasteiger partial charge < -0.3 is 65.2 Å². The smallest absolute Gasteiger partial charge is 0.388 e. The van der Waals surface area contributed by atoms with Gasteiger partial charge in [0.2, 0.25) is 0 Å². The van der Waals surface area contributed by atoms with Crippen LogP contribution in [0.3, 0.4) is 0 Å². The zero-order chi connectivity index (χ0) is 25.9. The highest BCUT2D eigenvalue weighted by Crippen LogP contribution is 2.36. The average molecular weight is 520 g/mol. The molecule has 192 valence electrons. The van der Waals surface area contributed by atoms with Crippen LogP contribution in [-0.2, 0) is 27.8 Å². The minimum atomic E-state index is -4.86. The number of phosphoric acid groups is 2. The zero-order valence-electron chi connectivity index (χ0n) is 16.0. The minimum absolute atomic E-state index is 0.0225. The van der Waals surface area contributed by atoms with Gasteiger partial charge in [0, 0.05) is 0 Å². The Morgan fingerprint density at radius 3 is 1.44 bits per heavy atom. The quantitative estimate of drug-likeness (QED) is 0.0747. The van der Waals surface area contributed by atoms with Gasteiger partial charge in [-0.3, -0.25) is 13.8 Å². The third kappa shape index (κ3) is 15.1. The third-order valence-electron chi connectivity index (χ3n) is 3.26. The molecule has 0 aliphatic carbocycles. The van der Waals surface area contributed by atoms with E-state index >= 15 is 0 Å². The van der Waals surface area contributed by atoms with Crippen LogP contribution in [0, 0.1) is 0 Å². The number of carbonyl (C=O) groups is 2. The number of hydrogen-bond acceptors (Lipinski definition) is 14. The van der Waals surface area contributed by atoms with Gasteiger partial charge in [-0.2, -0.15) is 0 Å². The molecule has 32 heavy (non-hydrogen) atoms. The van der Waals surface area contributed by atoms with Crippen LogP contribution in [0.5, 0.6) is 0 Å². The normalized spacial score (nSPS) is 18.9. The largest absolute Gasteiger partial charge is 0.469 e. The molecule has 0 aliphatic heterocycles. The average Bonchev–Trinajstić information content (AvgIpc) is 2.71. The number of aldehydes is 1. The Hall–Kier alpha value is -0.760. The fourth-order valence-corrected chi connectivity index (χ4v) is 2.24. The first kappa shape index (κ1) is 33.4. The summed E-state index contributed by atoms with van der Waals surface area (Å²) in [4.78, 5) is 53.8. The molecule has 18 nitrogen and oxygen atoms in total. The molecule has 0 fully saturated rings. The van der Waals surface area contributed by atoms with Gasteiger partial charge in [-0.15, -0.1) is 0 Å². The third-order valence-corrected chi connectivity index (χ3v) is 4.23. The molecule has 0 saturated heterocycles. The maximum Gasteiger partial charge on any atom is 0.469 e. The number of aliphatic hydroxyl groups excluding tert-OH is 8. The van der Waals surface area contributed by atoms with Crippen LogP contribution < -0.4 is 0 Å². The van der Waals surface area contributed by atoms with E-state index in [1.54, 1.807) is 0 Å². The number of carbonyl (C=O) groups excluding carboxylic acids is 2. The molecule has 0 aromatic carbocycles. The van der Waals surface area contributed by atoms with Crippen molar-refractivity contribution in [2.24, 2.45) is 0 Å². The van der Waals surface area contributed by atoms with Crippen molar-refractivity contribution in [3.8, 4) is 0 Å². The van der Waals surface area contributed by atoms with Gasteiger partial charge in [-0.1, -0.05) is 0 Å². The van der Waals surface area contributed by atoms with E-state index < -0.39 is 84.0 Å². The summed E-state index contributed by atoms with van der Waals surface area (Å²) in [5.41, 5.74) is 0. The molecule has 12 N–H and O–H groups in total. The second-order valence-electron chi connectivity index (χ2n) is 5.88. The first-order chi connectivity index (χ1) is 14.4. The van der Waals surface area contributed by atoms with Gasteiger partial charge in [0.15, 0.2) is 12.1 Å². The lowest BCUT2D eigenvalue weighted by molar-refractivity contribution is -0.149. The van der Waals surface area contributed by atoms with Gasteiger partial charge in [-0.05, 0) is 0 Å². The van der Waals surface area contributed by atoms with E-state index in [4.69, 9.17) is 45.1 Å². The second-order valence-corrected chi connectivity index (χ2v) is 8.35. The van der Waals surface area contributed by atoms with Gasteiger partial charge in [0.25, 0.3) is 0 Å². The van der Waals surface area contributed by atoms with E-state index in [1.807, 2.05) is 0 Å². The predicted molar refractivity (Wildman–Crippen MR) is 96.2 cm³/mol. The van der Waals surface area contributed by atoms with Crippen LogP contribution in [-0.4, -0.2) is 135 Å². The standard InChI is InChI=1S/C7H15O10P.C5H11O8P/c8-1-3(9)5(11)7(13)6(12)4(10)2-17-18(14,15)16;6-1-3(7)5(9)4(8)2-13-14(10,11)12/h4-8,10-13H,1-2H2,(H2,14,15,16);1,3-5,7-9H,2H2,(H2,10,11,12). The van der Waals surface area contributed by atoms with Gasteiger partial charge in [0.05, 0.1) is 13.2 Å². The number of rotatable bonds is 14. The summed E-state index contributed by atoms with van der Waals surface area (Å²) in [5, 5.41) is 71.8. The maximum absolute atomic E-state index is 10.8. The van der Waals surface area contributed by atoms with Crippen LogP contribution >= 0.6 is 15.6 Å². The Labute approximate surface area is 179 Å². The highest BCUT2D eigenvalue weighted by molar-refractivity contribution is 7.46. The van der Waals surface area contributed by atoms with Crippen LogP contribution in [0.15, 0.2) is 0 Å². The van der Waals surface area contributed by atoms with Crippen molar-refractivity contribution >= 4 is 27.7 Å². The van der Waals surface area contributed by atoms with E-state index in [2.05, 4.69) is 9.05 Å². The Balaban J connectivity index is 0. The van der Waals surface area contributed by atoms with E-state index in [-0.39, 0.29) is 6.29 Å². The van der Waals surface area contributed by atoms with E-state index in [9.17, 15) is 34.0 Å². The summed E-state index contributed by atoms with van der Waals surface area (Å²) in [5.74, 6) is -1.19. The molecule has 7 atom stereocenters. The van der Waals surface area contributed by atoms with Crippen molar-refractivity contribution in [1.82, 2.24) is 0 Å². The molecular weight excluding hydrogens is 494 g/mol. The van der Waals surface area contributed by atoms with Gasteiger partial charge in [0.1, 0.15) is 49.3 Å². The summed E-state index contributed by atoms with van der Waals surface area (Å²) in [6.07, 6.45) is -13.8. The summed E-state index contributed by atoms with van der Waals surface area (Å²) >= 11 is 0. The number of Topliss-reactive ketones (excluding diaryl/α,β-unsaturated/α-hetero) is 1. The SMILES string of the molecule is O=C(CO)C(O)C(O)C(O)C(O)COP(=O)(O)O.O=CC(O)C(O)C(O)COP(=O)(O)O. The van der Waals surface area contributed by atoms with Crippen LogP contribution in [0.25, 0.3) is 0 Å². The molecule has 0 amide bonds. The van der Waals surface area contributed by atoms with E-state index in [1.165, 1.54) is 0 Å². The first-order valence-corrected chi connectivity index (χ1v) is 11.2. The van der Waals surface area contributed by atoms with Crippen molar-refractivity contribution in [2.75, 3.05) is 19.8 Å². The summed E-state index contributed by atoms with van der Waals surface area (Å²) in [6.45, 7) is -3.00. The fraction of sp³-hybridized carbons (Fsp3) is 0.833. The molecule has 0 heterocycles. The monoisotopic (exact) mass is 520 g/mol. The van der Waals surface area contributed by atoms with Crippen molar-refractivity contribution in [1.29, 1.82) is 0 Å². The molecule has 0 saturated carbocycles. The molecule has 7 unspecified atom stereocenters. The zero-order valence-corrected chi connectivity index (χ0v) is 17.7. The fourth-order valence-electron chi connectivity index (χ4n) is 1.55. The first-order valence-electron chi connectivity index (χ1n) is 8.13. The highest BCUT2D eigenvalue weighted by atomic mass is 31.2. The Morgan fingerprint density at radius 2 is 1.12 bits per heavy atom. The topological polar surface area (TPSA) is 330 Å². The van der Waals surface area contributed by atoms with E-state index in [0.29, 0.717) is 0 Å².